The van der Waals surface area contributed by atoms with Gasteiger partial charge in [0, 0.05) is 18.9 Å². The predicted octanol–water partition coefficient (Wildman–Crippen LogP) is 0.0811. The molecule has 9 heteroatoms. The molecule has 0 saturated carbocycles. The molecule has 3 heterocycles. The highest BCUT2D eigenvalue weighted by Gasteiger charge is 2.15. The van der Waals surface area contributed by atoms with E-state index in [0.29, 0.717) is 12.2 Å². The van der Waals surface area contributed by atoms with Crippen LogP contribution in [-0.4, -0.2) is 38.4 Å². The molecule has 0 aromatic carbocycles. The van der Waals surface area contributed by atoms with Crippen LogP contribution in [0.4, 0.5) is 5.69 Å². The zero-order valence-corrected chi connectivity index (χ0v) is 12.4. The normalized spacial score (nSPS) is 17.8. The molecule has 1 fully saturated rings. The highest BCUT2D eigenvalue weighted by atomic mass is 16.5. The second-order valence-corrected chi connectivity index (χ2v) is 5.40. The van der Waals surface area contributed by atoms with Crippen molar-refractivity contribution in [1.82, 2.24) is 19.7 Å². The number of amides is 1. The van der Waals surface area contributed by atoms with Gasteiger partial charge >= 0.3 is 5.69 Å². The molecule has 1 atom stereocenters. The number of H-pyrrole nitrogens is 2. The molecule has 122 valence electrons. The molecule has 9 nitrogen and oxygen atoms in total. The Balaban J connectivity index is 1.65. The predicted molar refractivity (Wildman–Crippen MR) is 81.5 cm³/mol. The molecule has 3 N–H and O–H groups in total. The lowest BCUT2D eigenvalue weighted by Crippen LogP contribution is -2.27. The van der Waals surface area contributed by atoms with Crippen LogP contribution in [0.1, 0.15) is 29.8 Å². The Morgan fingerprint density at radius 3 is 3.00 bits per heavy atom. The Kier molecular flexibility index (Phi) is 4.38. The number of carbonyl (C=O) groups is 1. The lowest BCUT2D eigenvalue weighted by atomic mass is 10.1. The Bertz CT molecular complexity index is 771. The molecule has 0 aliphatic carbocycles. The lowest BCUT2D eigenvalue weighted by molar-refractivity contribution is 0.00401. The van der Waals surface area contributed by atoms with E-state index >= 15 is 0 Å². The number of nitrogens with one attached hydrogen (secondary N) is 3. The minimum absolute atomic E-state index is 0.109. The van der Waals surface area contributed by atoms with Crippen molar-refractivity contribution in [3.8, 4) is 0 Å². The highest BCUT2D eigenvalue weighted by Crippen LogP contribution is 2.15. The van der Waals surface area contributed by atoms with Crippen molar-refractivity contribution < 1.29 is 9.53 Å². The van der Waals surface area contributed by atoms with Crippen LogP contribution >= 0.6 is 0 Å². The Morgan fingerprint density at radius 2 is 2.26 bits per heavy atom. The minimum atomic E-state index is -0.729. The molecular weight excluding hydrogens is 302 g/mol. The second kappa shape index (κ2) is 6.61. The molecule has 0 unspecified atom stereocenters. The average Bonchev–Trinajstić information content (AvgIpc) is 2.94. The quantitative estimate of drug-likeness (QED) is 0.737. The van der Waals surface area contributed by atoms with Crippen LogP contribution in [0.15, 0.2) is 28.0 Å². The number of carbonyl (C=O) groups excluding carboxylic acids is 1. The van der Waals surface area contributed by atoms with Gasteiger partial charge in [0.25, 0.3) is 11.5 Å². The summed E-state index contributed by atoms with van der Waals surface area (Å²) in [5, 5.41) is 6.76. The number of rotatable bonds is 4. The first-order valence-corrected chi connectivity index (χ1v) is 7.39. The fourth-order valence-corrected chi connectivity index (χ4v) is 2.48. The summed E-state index contributed by atoms with van der Waals surface area (Å²) in [6.45, 7) is 1.39. The highest BCUT2D eigenvalue weighted by molar-refractivity contribution is 6.02. The summed E-state index contributed by atoms with van der Waals surface area (Å²) in [6, 6.07) is 1.02. The summed E-state index contributed by atoms with van der Waals surface area (Å²) < 4.78 is 7.34. The van der Waals surface area contributed by atoms with Crippen LogP contribution in [0.25, 0.3) is 0 Å². The Labute approximate surface area is 130 Å². The minimum Gasteiger partial charge on any atom is -0.376 e. The van der Waals surface area contributed by atoms with Gasteiger partial charge in [-0.15, -0.1) is 0 Å². The van der Waals surface area contributed by atoms with E-state index < -0.39 is 17.2 Å². The molecular formula is C14H17N5O4. The van der Waals surface area contributed by atoms with E-state index in [2.05, 4.69) is 15.4 Å². The van der Waals surface area contributed by atoms with Gasteiger partial charge in [0.2, 0.25) is 0 Å². The molecule has 1 aliphatic rings. The molecule has 1 amide bonds. The van der Waals surface area contributed by atoms with Gasteiger partial charge in [-0.1, -0.05) is 0 Å². The van der Waals surface area contributed by atoms with Crippen LogP contribution in [-0.2, 0) is 11.3 Å². The molecule has 1 aliphatic heterocycles. The van der Waals surface area contributed by atoms with Crippen LogP contribution in [0.2, 0.25) is 0 Å². The number of ether oxygens (including phenoxy) is 1. The maximum Gasteiger partial charge on any atom is 0.326 e. The fourth-order valence-electron chi connectivity index (χ4n) is 2.48. The Hall–Kier alpha value is -2.68. The first-order valence-electron chi connectivity index (χ1n) is 7.39. The average molecular weight is 319 g/mol. The van der Waals surface area contributed by atoms with Crippen molar-refractivity contribution in [2.75, 3.05) is 11.9 Å². The molecule has 0 radical (unpaired) electrons. The van der Waals surface area contributed by atoms with E-state index in [1.165, 1.54) is 6.20 Å². The van der Waals surface area contributed by atoms with E-state index in [-0.39, 0.29) is 11.8 Å². The number of hydrogen-bond donors (Lipinski definition) is 3. The van der Waals surface area contributed by atoms with Crippen molar-refractivity contribution in [1.29, 1.82) is 0 Å². The maximum absolute atomic E-state index is 12.0. The van der Waals surface area contributed by atoms with Crippen LogP contribution in [0.5, 0.6) is 0 Å². The smallest absolute Gasteiger partial charge is 0.326 e. The topological polar surface area (TPSA) is 122 Å². The SMILES string of the molecule is O=C(Nc1cnn(C[C@@H]2CCCCO2)c1)c1cc(=O)[nH]c(=O)[nH]1. The van der Waals surface area contributed by atoms with E-state index in [0.717, 1.165) is 31.9 Å². The summed E-state index contributed by atoms with van der Waals surface area (Å²) in [4.78, 5) is 38.7. The van der Waals surface area contributed by atoms with Gasteiger partial charge in [0.05, 0.1) is 24.5 Å². The first kappa shape index (κ1) is 15.2. The Morgan fingerprint density at radius 1 is 1.39 bits per heavy atom. The van der Waals surface area contributed by atoms with Crippen molar-refractivity contribution in [2.45, 2.75) is 31.9 Å². The summed E-state index contributed by atoms with van der Waals surface area (Å²) in [5.41, 5.74) is -0.995. The molecule has 2 aromatic rings. The molecule has 1 saturated heterocycles. The third-order valence-corrected chi connectivity index (χ3v) is 3.56. The van der Waals surface area contributed by atoms with Crippen molar-refractivity contribution in [2.24, 2.45) is 0 Å². The van der Waals surface area contributed by atoms with Gasteiger partial charge in [-0.05, 0) is 19.3 Å². The molecule has 0 bridgehead atoms. The van der Waals surface area contributed by atoms with Crippen LogP contribution in [0, 0.1) is 0 Å². The van der Waals surface area contributed by atoms with Crippen molar-refractivity contribution in [3.05, 3.63) is 45.0 Å². The number of aromatic amines is 2. The zero-order valence-electron chi connectivity index (χ0n) is 12.4. The largest absolute Gasteiger partial charge is 0.376 e. The number of aromatic nitrogens is 4. The molecule has 0 spiro atoms. The maximum atomic E-state index is 12.0. The van der Waals surface area contributed by atoms with Gasteiger partial charge in [0.15, 0.2) is 0 Å². The van der Waals surface area contributed by atoms with E-state index in [1.54, 1.807) is 10.9 Å². The summed E-state index contributed by atoms with van der Waals surface area (Å²) in [7, 11) is 0. The molecule has 2 aromatic heterocycles. The van der Waals surface area contributed by atoms with Gasteiger partial charge in [0.1, 0.15) is 5.69 Å². The van der Waals surface area contributed by atoms with E-state index in [4.69, 9.17) is 4.74 Å². The third kappa shape index (κ3) is 3.95. The molecule has 23 heavy (non-hydrogen) atoms. The van der Waals surface area contributed by atoms with Gasteiger partial charge < -0.3 is 15.0 Å². The van der Waals surface area contributed by atoms with Crippen LogP contribution < -0.4 is 16.6 Å². The summed E-state index contributed by atoms with van der Waals surface area (Å²) in [6.07, 6.45) is 6.55. The van der Waals surface area contributed by atoms with E-state index in [1.807, 2.05) is 4.98 Å². The van der Waals surface area contributed by atoms with Gasteiger partial charge in [-0.25, -0.2) is 4.79 Å². The second-order valence-electron chi connectivity index (χ2n) is 5.40. The van der Waals surface area contributed by atoms with Gasteiger partial charge in [-0.2, -0.15) is 5.10 Å². The van der Waals surface area contributed by atoms with Crippen molar-refractivity contribution in [3.63, 3.8) is 0 Å². The lowest BCUT2D eigenvalue weighted by Gasteiger charge is -2.22. The number of hydrogen-bond acceptors (Lipinski definition) is 5. The monoisotopic (exact) mass is 319 g/mol. The fraction of sp³-hybridized carbons (Fsp3) is 0.429. The zero-order chi connectivity index (χ0) is 16.2. The van der Waals surface area contributed by atoms with E-state index in [9.17, 15) is 14.4 Å². The summed E-state index contributed by atoms with van der Waals surface area (Å²) in [5.74, 6) is -0.582. The standard InChI is InChI=1S/C14H17N5O4/c20-12-5-11(17-14(22)18-12)13(21)16-9-6-15-19(7-9)8-10-3-1-2-4-23-10/h5-7,10H,1-4,8H2,(H,16,21)(H2,17,18,20,22)/t10-/m0/s1. The third-order valence-electron chi connectivity index (χ3n) is 3.56. The summed E-state index contributed by atoms with van der Waals surface area (Å²) >= 11 is 0. The van der Waals surface area contributed by atoms with Crippen molar-refractivity contribution >= 4 is 11.6 Å². The number of anilines is 1. The van der Waals surface area contributed by atoms with Crippen LogP contribution in [0.3, 0.4) is 0 Å². The van der Waals surface area contributed by atoms with Gasteiger partial charge in [-0.3, -0.25) is 19.3 Å². The number of nitrogens with zero attached hydrogens (tertiary/aromatic N) is 2. The first-order chi connectivity index (χ1) is 11.1. The molecule has 3 rings (SSSR count).